The zero-order valence-corrected chi connectivity index (χ0v) is 31.8. The van der Waals surface area contributed by atoms with E-state index in [9.17, 15) is 0 Å². The van der Waals surface area contributed by atoms with Crippen molar-refractivity contribution in [3.8, 4) is 45.3 Å². The molecule has 0 aliphatic carbocycles. The first-order chi connectivity index (χ1) is 29.3. The van der Waals surface area contributed by atoms with Gasteiger partial charge in [-0.05, 0) is 92.6 Å². The standard InChI is InChI=1S/C53H32BN5/c1-3-13-33(14-4-1)51-55-52(34-15-5-2-6-16-34)57-53(56-51)35-25-28-39(29-26-35)58-46-24-12-20-41-43-22-11-21-42-40-19-9-10-23-45(40)59(50(42)43)54(48(41)46)49-44-32-37-18-8-7-17-36(37)31-38(44)27-30-47(49)58/h1-32H. The zero-order valence-electron chi connectivity index (χ0n) is 31.8. The number of aromatic nitrogens is 4. The SMILES string of the molecule is c1ccc(-c2nc(-c3ccccc3)nc(-c3ccc(N4c5cccc6c5B(c5c4ccc4cc7ccccc7cc54)n4c5ccccc5c5cccc-6c54)cc3)n2)cc1. The third-order valence-corrected chi connectivity index (χ3v) is 12.4. The van der Waals surface area contributed by atoms with Gasteiger partial charge in [-0.25, -0.2) is 15.0 Å². The van der Waals surface area contributed by atoms with E-state index < -0.39 is 0 Å². The predicted molar refractivity (Wildman–Crippen MR) is 245 cm³/mol. The van der Waals surface area contributed by atoms with Gasteiger partial charge in [0.1, 0.15) is 0 Å². The first-order valence-electron chi connectivity index (χ1n) is 20.1. The number of para-hydroxylation sites is 2. The van der Waals surface area contributed by atoms with Crippen molar-refractivity contribution in [2.75, 3.05) is 4.90 Å². The molecule has 9 aromatic carbocycles. The largest absolute Gasteiger partial charge is 0.375 e. The molecule has 0 N–H and O–H groups in total. The lowest BCUT2D eigenvalue weighted by atomic mass is 9.44. The summed E-state index contributed by atoms with van der Waals surface area (Å²) < 4.78 is 2.63. The minimum absolute atomic E-state index is 0.0353. The maximum atomic E-state index is 5.03. The summed E-state index contributed by atoms with van der Waals surface area (Å²) >= 11 is 0. The van der Waals surface area contributed by atoms with Crippen LogP contribution in [0.4, 0.5) is 17.1 Å². The van der Waals surface area contributed by atoms with Gasteiger partial charge in [0.25, 0.3) is 0 Å². The van der Waals surface area contributed by atoms with Crippen LogP contribution in [0, 0.1) is 0 Å². The molecule has 0 saturated carbocycles. The molecule has 11 aromatic rings. The Bertz CT molecular complexity index is 3450. The number of hydrogen-bond acceptors (Lipinski definition) is 4. The Labute approximate surface area is 340 Å². The monoisotopic (exact) mass is 749 g/mol. The summed E-state index contributed by atoms with van der Waals surface area (Å²) in [5.74, 6) is 1.94. The number of nitrogens with zero attached hydrogens (tertiary/aromatic N) is 5. The summed E-state index contributed by atoms with van der Waals surface area (Å²) in [7, 11) is 0. The number of rotatable bonds is 4. The van der Waals surface area contributed by atoms with Gasteiger partial charge < -0.3 is 9.38 Å². The quantitative estimate of drug-likeness (QED) is 0.133. The minimum atomic E-state index is -0.0353. The molecule has 0 unspecified atom stereocenters. The number of hydrogen-bond donors (Lipinski definition) is 0. The predicted octanol–water partition coefficient (Wildman–Crippen LogP) is 11.7. The van der Waals surface area contributed by atoms with Crippen molar-refractivity contribution in [1.82, 2.24) is 19.4 Å². The topological polar surface area (TPSA) is 46.8 Å². The Kier molecular flexibility index (Phi) is 6.75. The Balaban J connectivity index is 1.05. The Hall–Kier alpha value is -7.83. The molecule has 2 aliphatic heterocycles. The molecule has 13 rings (SSSR count). The smallest absolute Gasteiger partial charge is 0.333 e. The van der Waals surface area contributed by atoms with Gasteiger partial charge >= 0.3 is 6.85 Å². The second-order valence-electron chi connectivity index (χ2n) is 15.6. The molecule has 0 radical (unpaired) electrons. The van der Waals surface area contributed by atoms with Gasteiger partial charge in [-0.15, -0.1) is 0 Å². The van der Waals surface area contributed by atoms with Gasteiger partial charge in [0, 0.05) is 61.1 Å². The maximum absolute atomic E-state index is 5.03. The Morgan fingerprint density at radius 3 is 1.68 bits per heavy atom. The highest BCUT2D eigenvalue weighted by Crippen LogP contribution is 2.46. The van der Waals surface area contributed by atoms with E-state index in [2.05, 4.69) is 143 Å². The molecular formula is C53H32BN5. The summed E-state index contributed by atoms with van der Waals surface area (Å²) in [6.07, 6.45) is 0. The zero-order chi connectivity index (χ0) is 38.6. The first kappa shape index (κ1) is 32.3. The number of benzene rings is 9. The summed E-state index contributed by atoms with van der Waals surface area (Å²) in [5.41, 5.74) is 14.0. The van der Waals surface area contributed by atoms with Gasteiger partial charge in [0.15, 0.2) is 17.5 Å². The lowest BCUT2D eigenvalue weighted by Gasteiger charge is -2.41. The van der Waals surface area contributed by atoms with Crippen LogP contribution in [0.5, 0.6) is 0 Å². The van der Waals surface area contributed by atoms with Crippen molar-refractivity contribution in [3.05, 3.63) is 194 Å². The van der Waals surface area contributed by atoms with Crippen LogP contribution in [-0.2, 0) is 0 Å². The summed E-state index contributed by atoms with van der Waals surface area (Å²) in [5, 5.41) is 7.58. The van der Waals surface area contributed by atoms with Gasteiger partial charge in [-0.2, -0.15) is 0 Å². The van der Waals surface area contributed by atoms with E-state index in [0.717, 1.165) is 22.4 Å². The molecule has 2 aliphatic rings. The number of anilines is 3. The lowest BCUT2D eigenvalue weighted by Crippen LogP contribution is -2.56. The van der Waals surface area contributed by atoms with E-state index in [0.29, 0.717) is 17.5 Å². The third-order valence-electron chi connectivity index (χ3n) is 12.4. The molecule has 0 amide bonds. The lowest BCUT2D eigenvalue weighted by molar-refractivity contribution is 1.07. The van der Waals surface area contributed by atoms with E-state index in [-0.39, 0.29) is 6.85 Å². The van der Waals surface area contributed by atoms with Crippen LogP contribution in [-0.4, -0.2) is 26.3 Å². The molecule has 4 heterocycles. The molecule has 0 bridgehead atoms. The van der Waals surface area contributed by atoms with Crippen LogP contribution in [0.3, 0.4) is 0 Å². The van der Waals surface area contributed by atoms with Crippen molar-refractivity contribution < 1.29 is 0 Å². The Morgan fingerprint density at radius 1 is 0.373 bits per heavy atom. The van der Waals surface area contributed by atoms with Crippen LogP contribution in [0.1, 0.15) is 0 Å². The van der Waals surface area contributed by atoms with Gasteiger partial charge in [-0.1, -0.05) is 140 Å². The molecule has 0 fully saturated rings. The molecule has 0 atom stereocenters. The van der Waals surface area contributed by atoms with Gasteiger partial charge in [0.05, 0.1) is 0 Å². The van der Waals surface area contributed by atoms with Crippen LogP contribution in [0.25, 0.3) is 88.6 Å². The van der Waals surface area contributed by atoms with Crippen molar-refractivity contribution >= 4 is 78.2 Å². The van der Waals surface area contributed by atoms with E-state index in [1.54, 1.807) is 0 Å². The highest BCUT2D eigenvalue weighted by molar-refractivity contribution is 6.91. The van der Waals surface area contributed by atoms with Crippen molar-refractivity contribution in [1.29, 1.82) is 0 Å². The van der Waals surface area contributed by atoms with Crippen LogP contribution < -0.4 is 15.8 Å². The van der Waals surface area contributed by atoms with E-state index in [1.807, 2.05) is 60.7 Å². The summed E-state index contributed by atoms with van der Waals surface area (Å²) in [6.45, 7) is -0.0353. The molecule has 272 valence electrons. The highest BCUT2D eigenvalue weighted by atomic mass is 15.2. The van der Waals surface area contributed by atoms with E-state index in [1.165, 1.54) is 76.8 Å². The van der Waals surface area contributed by atoms with Crippen molar-refractivity contribution in [3.63, 3.8) is 0 Å². The third kappa shape index (κ3) is 4.71. The summed E-state index contributed by atoms with van der Waals surface area (Å²) in [6, 6.07) is 69.7. The fraction of sp³-hybridized carbons (Fsp3) is 0. The second-order valence-corrected chi connectivity index (χ2v) is 15.6. The fourth-order valence-corrected chi connectivity index (χ4v) is 9.82. The maximum Gasteiger partial charge on any atom is 0.333 e. The Morgan fingerprint density at radius 2 is 0.949 bits per heavy atom. The average molecular weight is 750 g/mol. The van der Waals surface area contributed by atoms with Gasteiger partial charge in [0.2, 0.25) is 0 Å². The molecule has 0 spiro atoms. The number of fused-ring (bicyclic) bond motifs is 10. The van der Waals surface area contributed by atoms with E-state index in [4.69, 9.17) is 15.0 Å². The van der Waals surface area contributed by atoms with E-state index >= 15 is 0 Å². The molecule has 0 saturated heterocycles. The molecule has 5 nitrogen and oxygen atoms in total. The molecule has 2 aromatic heterocycles. The molecule has 6 heteroatoms. The highest BCUT2D eigenvalue weighted by Gasteiger charge is 2.43. The van der Waals surface area contributed by atoms with Crippen LogP contribution in [0.2, 0.25) is 0 Å². The molecular weight excluding hydrogens is 717 g/mol. The fourth-order valence-electron chi connectivity index (χ4n) is 9.82. The van der Waals surface area contributed by atoms with Crippen molar-refractivity contribution in [2.45, 2.75) is 0 Å². The first-order valence-corrected chi connectivity index (χ1v) is 20.1. The average Bonchev–Trinajstić information content (AvgIpc) is 3.65. The van der Waals surface area contributed by atoms with Crippen molar-refractivity contribution in [2.24, 2.45) is 0 Å². The minimum Gasteiger partial charge on any atom is -0.375 e. The van der Waals surface area contributed by atoms with Gasteiger partial charge in [-0.3, -0.25) is 0 Å². The summed E-state index contributed by atoms with van der Waals surface area (Å²) in [4.78, 5) is 17.5. The van der Waals surface area contributed by atoms with Crippen LogP contribution >= 0.6 is 0 Å². The second kappa shape index (κ2) is 12.3. The van der Waals surface area contributed by atoms with Crippen LogP contribution in [0.15, 0.2) is 194 Å². The normalized spacial score (nSPS) is 12.7. The molecule has 59 heavy (non-hydrogen) atoms.